The minimum absolute atomic E-state index is 0.0811. The number of imide groups is 1. The van der Waals surface area contributed by atoms with Crippen LogP contribution in [0.2, 0.25) is 0 Å². The minimum Gasteiger partial charge on any atom is -0.406 e. The Bertz CT molecular complexity index is 1590. The van der Waals surface area contributed by atoms with Crippen molar-refractivity contribution in [3.8, 4) is 5.75 Å². The Morgan fingerprint density at radius 1 is 1.02 bits per heavy atom. The van der Waals surface area contributed by atoms with Gasteiger partial charge in [-0.2, -0.15) is 0 Å². The van der Waals surface area contributed by atoms with Crippen molar-refractivity contribution in [2.45, 2.75) is 58.0 Å². The van der Waals surface area contributed by atoms with Crippen LogP contribution in [0.5, 0.6) is 5.75 Å². The van der Waals surface area contributed by atoms with Gasteiger partial charge in [0.25, 0.3) is 11.8 Å². The number of urea groups is 1. The lowest BCUT2D eigenvalue weighted by Gasteiger charge is -2.34. The van der Waals surface area contributed by atoms with E-state index < -0.39 is 39.7 Å². The molecule has 43 heavy (non-hydrogen) atoms. The summed E-state index contributed by atoms with van der Waals surface area (Å²) in [6.45, 7) is 5.45. The van der Waals surface area contributed by atoms with Crippen molar-refractivity contribution >= 4 is 39.4 Å². The quantitative estimate of drug-likeness (QED) is 0.457. The van der Waals surface area contributed by atoms with E-state index in [1.165, 1.54) is 21.3 Å². The zero-order valence-corrected chi connectivity index (χ0v) is 24.4. The highest BCUT2D eigenvalue weighted by Crippen LogP contribution is 2.33. The summed E-state index contributed by atoms with van der Waals surface area (Å²) in [6.07, 6.45) is -4.29. The summed E-state index contributed by atoms with van der Waals surface area (Å²) in [7, 11) is -3.69. The van der Waals surface area contributed by atoms with Crippen LogP contribution >= 0.6 is 0 Å². The van der Waals surface area contributed by atoms with Crippen molar-refractivity contribution in [2.75, 3.05) is 23.7 Å². The third-order valence-electron chi connectivity index (χ3n) is 8.07. The maximum atomic E-state index is 13.3. The summed E-state index contributed by atoms with van der Waals surface area (Å²) in [5, 5.41) is 4.96. The summed E-state index contributed by atoms with van der Waals surface area (Å²) in [5.41, 5.74) is 2.22. The van der Waals surface area contributed by atoms with Crippen LogP contribution in [0.3, 0.4) is 0 Å². The molecule has 4 amide bonds. The fourth-order valence-electron chi connectivity index (χ4n) is 5.71. The van der Waals surface area contributed by atoms with Gasteiger partial charge in [-0.3, -0.25) is 24.8 Å². The number of rotatable bonds is 7. The van der Waals surface area contributed by atoms with E-state index in [4.69, 9.17) is 0 Å². The number of alkyl halides is 3. The molecule has 2 aromatic rings. The number of nitrogens with zero attached hydrogens (tertiary/aromatic N) is 3. The molecule has 0 saturated carbocycles. The number of piperidine rings is 1. The highest BCUT2D eigenvalue weighted by molar-refractivity contribution is 7.89. The second-order valence-electron chi connectivity index (χ2n) is 10.9. The lowest BCUT2D eigenvalue weighted by Crippen LogP contribution is -2.50. The van der Waals surface area contributed by atoms with Crippen molar-refractivity contribution in [2.24, 2.45) is 4.99 Å². The van der Waals surface area contributed by atoms with Gasteiger partial charge in [0, 0.05) is 24.3 Å². The van der Waals surface area contributed by atoms with Gasteiger partial charge in [0.05, 0.1) is 5.75 Å². The van der Waals surface area contributed by atoms with Gasteiger partial charge in [0.2, 0.25) is 10.0 Å². The maximum Gasteiger partial charge on any atom is 0.573 e. The Morgan fingerprint density at radius 2 is 1.63 bits per heavy atom. The smallest absolute Gasteiger partial charge is 0.406 e. The molecule has 2 fully saturated rings. The molecular formula is C28H30F3N5O6S. The Kier molecular flexibility index (Phi) is 7.75. The first-order valence-corrected chi connectivity index (χ1v) is 15.2. The number of hydrogen-bond donors (Lipinski definition) is 2. The second-order valence-corrected chi connectivity index (χ2v) is 13.0. The van der Waals surface area contributed by atoms with Crippen LogP contribution in [0.25, 0.3) is 0 Å². The molecule has 0 bridgehead atoms. The van der Waals surface area contributed by atoms with E-state index >= 15 is 0 Å². The fraction of sp³-hybridized carbons (Fsp3) is 0.429. The number of amidine groups is 1. The number of halogens is 3. The van der Waals surface area contributed by atoms with Gasteiger partial charge in [0.1, 0.15) is 23.2 Å². The molecule has 0 radical (unpaired) electrons. The highest BCUT2D eigenvalue weighted by Gasteiger charge is 2.47. The van der Waals surface area contributed by atoms with Crippen LogP contribution in [-0.2, 0) is 26.0 Å². The Morgan fingerprint density at radius 3 is 2.16 bits per heavy atom. The molecular weight excluding hydrogens is 591 g/mol. The van der Waals surface area contributed by atoms with E-state index in [0.717, 1.165) is 28.8 Å². The van der Waals surface area contributed by atoms with Gasteiger partial charge in [-0.05, 0) is 93.1 Å². The molecule has 5 rings (SSSR count). The number of anilines is 1. The highest BCUT2D eigenvalue weighted by atomic mass is 32.2. The summed E-state index contributed by atoms with van der Waals surface area (Å²) >= 11 is 0. The van der Waals surface area contributed by atoms with Crippen LogP contribution in [0.15, 0.2) is 41.4 Å². The summed E-state index contributed by atoms with van der Waals surface area (Å²) < 4.78 is 69.1. The van der Waals surface area contributed by atoms with E-state index in [-0.39, 0.29) is 55.8 Å². The van der Waals surface area contributed by atoms with Gasteiger partial charge in [0.15, 0.2) is 0 Å². The SMILES string of the molecule is Cc1cc(N2C(=O)NC(=O)C2C)cc(C)c1CCS(=O)(=O)N1CCC2(CC1)N=C(c1ccc(OC(F)(F)F)cc1)NC2=O. The largest absolute Gasteiger partial charge is 0.573 e. The lowest BCUT2D eigenvalue weighted by molar-refractivity contribution is -0.274. The number of hydrogen-bond acceptors (Lipinski definition) is 7. The average Bonchev–Trinajstić information content (AvgIpc) is 3.36. The number of nitrogens with one attached hydrogen (secondary N) is 2. The monoisotopic (exact) mass is 621 g/mol. The predicted octanol–water partition coefficient (Wildman–Crippen LogP) is 2.93. The van der Waals surface area contributed by atoms with Crippen molar-refractivity contribution in [3.63, 3.8) is 0 Å². The first kappa shape index (κ1) is 30.5. The molecule has 15 heteroatoms. The molecule has 230 valence electrons. The molecule has 2 N–H and O–H groups in total. The van der Waals surface area contributed by atoms with Gasteiger partial charge < -0.3 is 10.1 Å². The molecule has 1 unspecified atom stereocenters. The topological polar surface area (TPSA) is 137 Å². The first-order chi connectivity index (χ1) is 20.1. The van der Waals surface area contributed by atoms with Gasteiger partial charge >= 0.3 is 12.4 Å². The number of sulfonamides is 1. The number of aliphatic imine (C=N–C) groups is 1. The Balaban J connectivity index is 1.22. The molecule has 3 aliphatic heterocycles. The first-order valence-electron chi connectivity index (χ1n) is 13.6. The third-order valence-corrected chi connectivity index (χ3v) is 9.94. The summed E-state index contributed by atoms with van der Waals surface area (Å²) in [6, 6.07) is 7.33. The minimum atomic E-state index is -4.82. The number of carbonyl (C=O) groups is 3. The molecule has 1 atom stereocenters. The van der Waals surface area contributed by atoms with Crippen LogP contribution < -0.4 is 20.3 Å². The van der Waals surface area contributed by atoms with Gasteiger partial charge in [-0.15, -0.1) is 13.2 Å². The molecule has 3 heterocycles. The van der Waals surface area contributed by atoms with Crippen molar-refractivity contribution in [1.82, 2.24) is 14.9 Å². The van der Waals surface area contributed by atoms with Crippen LogP contribution in [0.4, 0.5) is 23.7 Å². The second kappa shape index (κ2) is 10.9. The Hall–Kier alpha value is -3.98. The maximum absolute atomic E-state index is 13.3. The molecule has 2 saturated heterocycles. The van der Waals surface area contributed by atoms with E-state index in [2.05, 4.69) is 20.4 Å². The van der Waals surface area contributed by atoms with Gasteiger partial charge in [-0.1, -0.05) is 0 Å². The molecule has 2 aromatic carbocycles. The van der Waals surface area contributed by atoms with Crippen LogP contribution in [0, 0.1) is 13.8 Å². The summed E-state index contributed by atoms with van der Waals surface area (Å²) in [4.78, 5) is 42.9. The molecule has 3 aliphatic rings. The van der Waals surface area contributed by atoms with Gasteiger partial charge in [-0.25, -0.2) is 17.5 Å². The number of ether oxygens (including phenoxy) is 1. The van der Waals surface area contributed by atoms with Crippen LogP contribution in [0.1, 0.15) is 42.0 Å². The molecule has 1 spiro atoms. The van der Waals surface area contributed by atoms with E-state index in [0.29, 0.717) is 11.3 Å². The van der Waals surface area contributed by atoms with Crippen molar-refractivity contribution in [1.29, 1.82) is 0 Å². The van der Waals surface area contributed by atoms with Crippen molar-refractivity contribution < 1.29 is 40.7 Å². The number of aryl methyl sites for hydroxylation is 2. The normalized spacial score (nSPS) is 20.8. The summed E-state index contributed by atoms with van der Waals surface area (Å²) in [5.74, 6) is -1.12. The number of benzene rings is 2. The predicted molar refractivity (Wildman–Crippen MR) is 150 cm³/mol. The average molecular weight is 622 g/mol. The standard InChI is InChI=1S/C28H30F3N5O6S/c1-16-14-20(36-18(3)24(37)33-26(36)39)15-17(2)22(16)8-13-43(40,41)35-11-9-27(10-12-35)25(38)32-23(34-27)19-4-6-21(7-5-19)42-28(29,30)31/h4-7,14-15,18H,8-13H2,1-3H3,(H,32,34,38)(H,33,37,39). The van der Waals surface area contributed by atoms with E-state index in [1.807, 2.05) is 13.8 Å². The number of amides is 4. The third kappa shape index (κ3) is 6.09. The molecule has 11 nitrogen and oxygen atoms in total. The Labute approximate surface area is 246 Å². The van der Waals surface area contributed by atoms with Crippen LogP contribution in [-0.4, -0.2) is 73.2 Å². The zero-order valence-electron chi connectivity index (χ0n) is 23.6. The molecule has 0 aliphatic carbocycles. The fourth-order valence-corrected chi connectivity index (χ4v) is 7.17. The van der Waals surface area contributed by atoms with E-state index in [1.54, 1.807) is 19.1 Å². The molecule has 0 aromatic heterocycles. The lowest BCUT2D eigenvalue weighted by atomic mass is 9.89. The van der Waals surface area contributed by atoms with Crippen molar-refractivity contribution in [3.05, 3.63) is 58.7 Å². The van der Waals surface area contributed by atoms with E-state index in [9.17, 15) is 36.0 Å². The number of carbonyl (C=O) groups excluding carboxylic acids is 3. The zero-order chi connectivity index (χ0) is 31.3.